The molecule has 1 aromatic rings. The van der Waals surface area contributed by atoms with Crippen LogP contribution in [0.15, 0.2) is 36.2 Å². The van der Waals surface area contributed by atoms with E-state index in [9.17, 15) is 0 Å². The van der Waals surface area contributed by atoms with E-state index < -0.39 is 0 Å². The number of hydrogen-bond donors (Lipinski definition) is 3. The van der Waals surface area contributed by atoms with Crippen LogP contribution in [0.5, 0.6) is 0 Å². The standard InChI is InChI=1S/C23H32ClN3O/c24-22-10-7-17-11-13-25-14-12-21(17)23(22)27-15-18-8-9-20(16-26-18)28-19-5-3-1-2-4-6-19/h7-10,16,18-19,25-27H,1-6,11-15H2. The van der Waals surface area contributed by atoms with Gasteiger partial charge in [-0.1, -0.05) is 36.6 Å². The molecule has 2 aliphatic heterocycles. The topological polar surface area (TPSA) is 45.3 Å². The summed E-state index contributed by atoms with van der Waals surface area (Å²) >= 11 is 6.52. The lowest BCUT2D eigenvalue weighted by molar-refractivity contribution is 0.109. The summed E-state index contributed by atoms with van der Waals surface area (Å²) in [5.74, 6) is 0.959. The fraction of sp³-hybridized carbons (Fsp3) is 0.565. The lowest BCUT2D eigenvalue weighted by Gasteiger charge is -2.24. The lowest BCUT2D eigenvalue weighted by Crippen LogP contribution is -2.33. The van der Waals surface area contributed by atoms with Gasteiger partial charge in [0.25, 0.3) is 0 Å². The number of dihydropyridines is 1. The van der Waals surface area contributed by atoms with Gasteiger partial charge in [0.2, 0.25) is 0 Å². The van der Waals surface area contributed by atoms with Gasteiger partial charge in [-0.15, -0.1) is 0 Å². The van der Waals surface area contributed by atoms with E-state index >= 15 is 0 Å². The van der Waals surface area contributed by atoms with Crippen LogP contribution >= 0.6 is 11.6 Å². The number of fused-ring (bicyclic) bond motifs is 1. The Hall–Kier alpha value is -1.65. The first-order chi connectivity index (χ1) is 13.8. The van der Waals surface area contributed by atoms with Crippen molar-refractivity contribution in [1.82, 2.24) is 10.6 Å². The molecule has 0 amide bonds. The molecule has 1 aromatic carbocycles. The maximum absolute atomic E-state index is 6.52. The molecule has 1 atom stereocenters. The van der Waals surface area contributed by atoms with Gasteiger partial charge >= 0.3 is 0 Å². The first-order valence-electron chi connectivity index (χ1n) is 10.9. The Morgan fingerprint density at radius 3 is 2.68 bits per heavy atom. The molecule has 152 valence electrons. The summed E-state index contributed by atoms with van der Waals surface area (Å²) in [6.07, 6.45) is 16.4. The minimum atomic E-state index is 0.234. The lowest BCUT2D eigenvalue weighted by atomic mass is 10.0. The zero-order chi connectivity index (χ0) is 19.2. The minimum absolute atomic E-state index is 0.234. The van der Waals surface area contributed by atoms with Crippen molar-refractivity contribution in [3.63, 3.8) is 0 Å². The predicted molar refractivity (Wildman–Crippen MR) is 117 cm³/mol. The summed E-state index contributed by atoms with van der Waals surface area (Å²) in [7, 11) is 0. The Kier molecular flexibility index (Phi) is 6.81. The Bertz CT molecular complexity index is 723. The first-order valence-corrected chi connectivity index (χ1v) is 11.2. The van der Waals surface area contributed by atoms with Crippen molar-refractivity contribution in [2.75, 3.05) is 25.0 Å². The van der Waals surface area contributed by atoms with Crippen molar-refractivity contribution in [3.05, 3.63) is 52.4 Å². The molecule has 28 heavy (non-hydrogen) atoms. The smallest absolute Gasteiger partial charge is 0.135 e. The average Bonchev–Trinajstić information content (AvgIpc) is 3.11. The van der Waals surface area contributed by atoms with Gasteiger partial charge in [-0.2, -0.15) is 0 Å². The fourth-order valence-electron chi connectivity index (χ4n) is 4.40. The third kappa shape index (κ3) is 5.03. The highest BCUT2D eigenvalue weighted by Crippen LogP contribution is 2.31. The SMILES string of the molecule is Clc1ccc2c(c1NCC1C=CC(OC3CCCCCC3)=CN1)CCNCC2. The van der Waals surface area contributed by atoms with E-state index in [4.69, 9.17) is 16.3 Å². The molecule has 5 heteroatoms. The number of nitrogens with one attached hydrogen (secondary N) is 3. The van der Waals surface area contributed by atoms with Crippen LogP contribution in [0.25, 0.3) is 0 Å². The number of hydrogen-bond acceptors (Lipinski definition) is 4. The maximum atomic E-state index is 6.52. The summed E-state index contributed by atoms with van der Waals surface area (Å²) in [6, 6.07) is 4.43. The second-order valence-electron chi connectivity index (χ2n) is 8.10. The van der Waals surface area contributed by atoms with Crippen molar-refractivity contribution < 1.29 is 4.74 Å². The largest absolute Gasteiger partial charge is 0.489 e. The third-order valence-corrected chi connectivity index (χ3v) is 6.33. The number of allylic oxidation sites excluding steroid dienone is 1. The molecule has 3 N–H and O–H groups in total. The molecule has 1 unspecified atom stereocenters. The molecule has 4 nitrogen and oxygen atoms in total. The molecular weight excluding hydrogens is 370 g/mol. The van der Waals surface area contributed by atoms with Gasteiger partial charge in [0.15, 0.2) is 0 Å². The van der Waals surface area contributed by atoms with Crippen LogP contribution in [-0.4, -0.2) is 31.8 Å². The highest BCUT2D eigenvalue weighted by atomic mass is 35.5. The third-order valence-electron chi connectivity index (χ3n) is 6.02. The van der Waals surface area contributed by atoms with Gasteiger partial charge < -0.3 is 20.7 Å². The summed E-state index contributed by atoms with van der Waals surface area (Å²) in [5, 5.41) is 11.3. The zero-order valence-electron chi connectivity index (χ0n) is 16.6. The van der Waals surface area contributed by atoms with Gasteiger partial charge in [-0.3, -0.25) is 0 Å². The minimum Gasteiger partial charge on any atom is -0.489 e. The second kappa shape index (κ2) is 9.71. The van der Waals surface area contributed by atoms with E-state index in [-0.39, 0.29) is 6.04 Å². The van der Waals surface area contributed by atoms with Crippen LogP contribution < -0.4 is 16.0 Å². The summed E-state index contributed by atoms with van der Waals surface area (Å²) in [4.78, 5) is 0. The Labute approximate surface area is 173 Å². The Morgan fingerprint density at radius 2 is 1.89 bits per heavy atom. The summed E-state index contributed by atoms with van der Waals surface area (Å²) < 4.78 is 6.19. The summed E-state index contributed by atoms with van der Waals surface area (Å²) in [5.41, 5.74) is 3.87. The number of ether oxygens (including phenoxy) is 1. The van der Waals surface area contributed by atoms with Crippen LogP contribution in [0.4, 0.5) is 5.69 Å². The van der Waals surface area contributed by atoms with E-state index in [1.54, 1.807) is 0 Å². The summed E-state index contributed by atoms with van der Waals surface area (Å²) in [6.45, 7) is 2.84. The molecule has 0 saturated heterocycles. The van der Waals surface area contributed by atoms with Crippen LogP contribution in [0.2, 0.25) is 5.02 Å². The van der Waals surface area contributed by atoms with Crippen LogP contribution in [0, 0.1) is 0 Å². The molecule has 4 rings (SSSR count). The van der Waals surface area contributed by atoms with Crippen LogP contribution in [0.3, 0.4) is 0 Å². The van der Waals surface area contributed by atoms with Crippen molar-refractivity contribution >= 4 is 17.3 Å². The van der Waals surface area contributed by atoms with E-state index in [1.807, 2.05) is 12.3 Å². The highest BCUT2D eigenvalue weighted by molar-refractivity contribution is 6.33. The van der Waals surface area contributed by atoms with E-state index in [0.717, 1.165) is 48.9 Å². The number of anilines is 1. The molecule has 1 fully saturated rings. The zero-order valence-corrected chi connectivity index (χ0v) is 17.4. The average molecular weight is 402 g/mol. The molecular formula is C23H32ClN3O. The van der Waals surface area contributed by atoms with E-state index in [2.05, 4.69) is 34.2 Å². The van der Waals surface area contributed by atoms with Crippen molar-refractivity contribution in [2.24, 2.45) is 0 Å². The number of halogens is 1. The van der Waals surface area contributed by atoms with Crippen molar-refractivity contribution in [1.29, 1.82) is 0 Å². The highest BCUT2D eigenvalue weighted by Gasteiger charge is 2.18. The number of rotatable bonds is 5. The van der Waals surface area contributed by atoms with Crippen molar-refractivity contribution in [2.45, 2.75) is 63.5 Å². The van der Waals surface area contributed by atoms with Gasteiger partial charge in [0, 0.05) is 12.7 Å². The van der Waals surface area contributed by atoms with Gasteiger partial charge in [0.1, 0.15) is 5.76 Å². The normalized spacial score (nSPS) is 23.0. The van der Waals surface area contributed by atoms with Gasteiger partial charge in [0.05, 0.1) is 22.9 Å². The molecule has 0 bridgehead atoms. The Morgan fingerprint density at radius 1 is 1.07 bits per heavy atom. The van der Waals surface area contributed by atoms with Crippen molar-refractivity contribution in [3.8, 4) is 0 Å². The van der Waals surface area contributed by atoms with E-state index in [1.165, 1.54) is 49.7 Å². The first kappa shape index (κ1) is 19.7. The van der Waals surface area contributed by atoms with Crippen LogP contribution in [-0.2, 0) is 17.6 Å². The van der Waals surface area contributed by atoms with Gasteiger partial charge in [-0.05, 0) is 74.9 Å². The molecule has 0 aromatic heterocycles. The quantitative estimate of drug-likeness (QED) is 0.633. The van der Waals surface area contributed by atoms with Crippen LogP contribution in [0.1, 0.15) is 49.7 Å². The fourth-order valence-corrected chi connectivity index (χ4v) is 4.65. The Balaban J connectivity index is 1.32. The monoisotopic (exact) mass is 401 g/mol. The molecule has 2 heterocycles. The molecule has 1 saturated carbocycles. The number of benzene rings is 1. The van der Waals surface area contributed by atoms with E-state index in [0.29, 0.717) is 6.10 Å². The van der Waals surface area contributed by atoms with Gasteiger partial charge in [-0.25, -0.2) is 0 Å². The molecule has 0 radical (unpaired) electrons. The maximum Gasteiger partial charge on any atom is 0.135 e. The molecule has 1 aliphatic carbocycles. The molecule has 0 spiro atoms. The predicted octanol–water partition coefficient (Wildman–Crippen LogP) is 4.55. The second-order valence-corrected chi connectivity index (χ2v) is 8.51. The molecule has 3 aliphatic rings.